The maximum atomic E-state index is 11.2. The number of carbonyl (C=O) groups excluding carboxylic acids is 1. The van der Waals surface area contributed by atoms with Crippen molar-refractivity contribution in [2.75, 3.05) is 0 Å². The minimum absolute atomic E-state index is 0.0346. The van der Waals surface area contributed by atoms with Gasteiger partial charge in [0.25, 0.3) is 0 Å². The van der Waals surface area contributed by atoms with Gasteiger partial charge < -0.3 is 5.32 Å². The second kappa shape index (κ2) is 4.01. The molecule has 3 heteroatoms. The highest BCUT2D eigenvalue weighted by Crippen LogP contribution is 2.27. The van der Waals surface area contributed by atoms with Crippen LogP contribution in [0.3, 0.4) is 0 Å². The number of rotatable bonds is 3. The van der Waals surface area contributed by atoms with Crippen molar-refractivity contribution in [2.45, 2.75) is 32.7 Å². The van der Waals surface area contributed by atoms with Crippen LogP contribution < -0.4 is 5.32 Å². The van der Waals surface area contributed by atoms with Crippen LogP contribution >= 0.6 is 0 Å². The first-order valence-corrected chi connectivity index (χ1v) is 5.53. The summed E-state index contributed by atoms with van der Waals surface area (Å²) in [6, 6.07) is -0.175. The van der Waals surface area contributed by atoms with Gasteiger partial charge in [-0.25, -0.2) is 4.79 Å². The topological polar surface area (TPSA) is 41.5 Å². The van der Waals surface area contributed by atoms with Gasteiger partial charge in [0, 0.05) is 0 Å². The maximum Gasteiger partial charge on any atom is 0.342 e. The Hall–Kier alpha value is -1.38. The molecule has 1 aliphatic heterocycles. The standard InChI is InChI=1S/C12H16N2O/c1-3-8(4-2)9-6-5-7-10-11(9)14-12(15)13-10/h5-8,11H,3-4H2,1-2H3,(H,14,15). The molecule has 1 heterocycles. The van der Waals surface area contributed by atoms with Gasteiger partial charge in [0.15, 0.2) is 0 Å². The Morgan fingerprint density at radius 3 is 2.87 bits per heavy atom. The number of hydrogen-bond acceptors (Lipinski definition) is 1. The summed E-state index contributed by atoms with van der Waals surface area (Å²) in [4.78, 5) is 15.1. The van der Waals surface area contributed by atoms with Crippen LogP contribution in [-0.2, 0) is 0 Å². The molecule has 0 aromatic carbocycles. The normalized spacial score (nSPS) is 23.7. The van der Waals surface area contributed by atoms with Crippen LogP contribution in [0.2, 0.25) is 0 Å². The molecule has 0 bridgehead atoms. The van der Waals surface area contributed by atoms with Crippen LogP contribution in [0.4, 0.5) is 4.79 Å². The van der Waals surface area contributed by atoms with Gasteiger partial charge in [-0.05, 0) is 30.4 Å². The molecule has 80 valence electrons. The van der Waals surface area contributed by atoms with Crippen LogP contribution in [0.25, 0.3) is 0 Å². The van der Waals surface area contributed by atoms with E-state index in [-0.39, 0.29) is 12.1 Å². The number of hydrogen-bond donors (Lipinski definition) is 1. The number of amides is 2. The van der Waals surface area contributed by atoms with Gasteiger partial charge in [-0.15, -0.1) is 0 Å². The lowest BCUT2D eigenvalue weighted by Gasteiger charge is -2.25. The van der Waals surface area contributed by atoms with Crippen LogP contribution in [0.5, 0.6) is 0 Å². The molecule has 1 atom stereocenters. The summed E-state index contributed by atoms with van der Waals surface area (Å²) < 4.78 is 0. The first-order valence-electron chi connectivity index (χ1n) is 5.53. The average molecular weight is 204 g/mol. The summed E-state index contributed by atoms with van der Waals surface area (Å²) in [5.41, 5.74) is 2.16. The summed E-state index contributed by atoms with van der Waals surface area (Å²) in [7, 11) is 0. The maximum absolute atomic E-state index is 11.2. The molecule has 0 aromatic rings. The molecule has 3 nitrogen and oxygen atoms in total. The molecular weight excluding hydrogens is 188 g/mol. The van der Waals surface area contributed by atoms with Crippen LogP contribution in [0.1, 0.15) is 26.7 Å². The quantitative estimate of drug-likeness (QED) is 0.753. The average Bonchev–Trinajstić information content (AvgIpc) is 2.61. The molecule has 0 radical (unpaired) electrons. The lowest BCUT2D eigenvalue weighted by atomic mass is 9.84. The number of allylic oxidation sites excluding steroid dienone is 2. The van der Waals surface area contributed by atoms with Gasteiger partial charge in [0.2, 0.25) is 0 Å². The van der Waals surface area contributed by atoms with E-state index in [9.17, 15) is 4.79 Å². The Balaban J connectivity index is 2.27. The number of carbonyl (C=O) groups is 1. The number of fused-ring (bicyclic) bond motifs is 1. The molecule has 1 aliphatic carbocycles. The van der Waals surface area contributed by atoms with Gasteiger partial charge in [-0.2, -0.15) is 4.99 Å². The number of urea groups is 1. The third-order valence-corrected chi connectivity index (χ3v) is 3.14. The Bertz CT molecular complexity index is 362. The van der Waals surface area contributed by atoms with Crippen molar-refractivity contribution >= 4 is 11.7 Å². The highest BCUT2D eigenvalue weighted by Gasteiger charge is 2.31. The predicted molar refractivity (Wildman–Crippen MR) is 61.0 cm³/mol. The molecule has 0 saturated heterocycles. The van der Waals surface area contributed by atoms with E-state index in [1.54, 1.807) is 0 Å². The van der Waals surface area contributed by atoms with E-state index in [1.807, 2.05) is 12.2 Å². The molecule has 1 unspecified atom stereocenters. The molecule has 0 aromatic heterocycles. The first kappa shape index (κ1) is 10.1. The molecule has 2 aliphatic rings. The van der Waals surface area contributed by atoms with Crippen molar-refractivity contribution in [3.05, 3.63) is 23.8 Å². The molecule has 1 N–H and O–H groups in total. The Kier molecular flexibility index (Phi) is 2.71. The first-order chi connectivity index (χ1) is 7.26. The molecule has 2 amide bonds. The third kappa shape index (κ3) is 1.74. The zero-order chi connectivity index (χ0) is 10.8. The van der Waals surface area contributed by atoms with E-state index in [4.69, 9.17) is 0 Å². The molecule has 2 rings (SSSR count). The fourth-order valence-corrected chi connectivity index (χ4v) is 2.28. The van der Waals surface area contributed by atoms with E-state index in [2.05, 4.69) is 30.2 Å². The minimum Gasteiger partial charge on any atom is -0.324 e. The van der Waals surface area contributed by atoms with E-state index < -0.39 is 0 Å². The van der Waals surface area contributed by atoms with E-state index in [0.717, 1.165) is 18.6 Å². The van der Waals surface area contributed by atoms with Gasteiger partial charge in [-0.1, -0.05) is 26.0 Å². The van der Waals surface area contributed by atoms with Crippen molar-refractivity contribution in [3.8, 4) is 0 Å². The van der Waals surface area contributed by atoms with Crippen molar-refractivity contribution in [3.63, 3.8) is 0 Å². The predicted octanol–water partition coefficient (Wildman–Crippen LogP) is 2.45. The lowest BCUT2D eigenvalue weighted by Crippen LogP contribution is -2.36. The Morgan fingerprint density at radius 1 is 1.47 bits per heavy atom. The lowest BCUT2D eigenvalue weighted by molar-refractivity contribution is 0.250. The van der Waals surface area contributed by atoms with Gasteiger partial charge in [0.1, 0.15) is 0 Å². The van der Waals surface area contributed by atoms with Crippen molar-refractivity contribution in [1.29, 1.82) is 0 Å². The van der Waals surface area contributed by atoms with Crippen molar-refractivity contribution in [1.82, 2.24) is 5.32 Å². The molecule has 0 saturated carbocycles. The van der Waals surface area contributed by atoms with E-state index in [1.165, 1.54) is 5.57 Å². The molecular formula is C12H16N2O. The Labute approximate surface area is 90.0 Å². The second-order valence-electron chi connectivity index (χ2n) is 3.96. The minimum atomic E-state index is -0.210. The van der Waals surface area contributed by atoms with Crippen LogP contribution in [0, 0.1) is 5.92 Å². The van der Waals surface area contributed by atoms with Crippen LogP contribution in [0.15, 0.2) is 28.8 Å². The second-order valence-corrected chi connectivity index (χ2v) is 3.96. The fraction of sp³-hybridized carbons (Fsp3) is 0.500. The summed E-state index contributed by atoms with van der Waals surface area (Å²) in [6.45, 7) is 4.36. The Morgan fingerprint density at radius 2 is 2.20 bits per heavy atom. The number of aliphatic imine (C=N–C) groups is 1. The molecule has 15 heavy (non-hydrogen) atoms. The zero-order valence-corrected chi connectivity index (χ0v) is 9.16. The largest absolute Gasteiger partial charge is 0.342 e. The third-order valence-electron chi connectivity index (χ3n) is 3.14. The molecule has 0 fully saturated rings. The van der Waals surface area contributed by atoms with Gasteiger partial charge in [0.05, 0.1) is 11.8 Å². The van der Waals surface area contributed by atoms with Crippen LogP contribution in [-0.4, -0.2) is 17.8 Å². The van der Waals surface area contributed by atoms with Crippen molar-refractivity contribution < 1.29 is 4.79 Å². The van der Waals surface area contributed by atoms with E-state index >= 15 is 0 Å². The van der Waals surface area contributed by atoms with Crippen molar-refractivity contribution in [2.24, 2.45) is 10.9 Å². The summed E-state index contributed by atoms with van der Waals surface area (Å²) in [5, 5.41) is 2.89. The summed E-state index contributed by atoms with van der Waals surface area (Å²) >= 11 is 0. The summed E-state index contributed by atoms with van der Waals surface area (Å²) in [5.74, 6) is 0.545. The van der Waals surface area contributed by atoms with Gasteiger partial charge >= 0.3 is 6.03 Å². The SMILES string of the molecule is CCC(CC)C1=CC=CC2=NC(=O)NC12. The summed E-state index contributed by atoms with van der Waals surface area (Å²) in [6.07, 6.45) is 8.23. The monoisotopic (exact) mass is 204 g/mol. The zero-order valence-electron chi connectivity index (χ0n) is 9.16. The highest BCUT2D eigenvalue weighted by molar-refractivity contribution is 6.13. The van der Waals surface area contributed by atoms with Gasteiger partial charge in [-0.3, -0.25) is 0 Å². The molecule has 0 spiro atoms. The number of nitrogens with one attached hydrogen (secondary N) is 1. The van der Waals surface area contributed by atoms with E-state index in [0.29, 0.717) is 5.92 Å². The number of nitrogens with zero attached hydrogens (tertiary/aromatic N) is 1. The fourth-order valence-electron chi connectivity index (χ4n) is 2.28. The highest BCUT2D eigenvalue weighted by atomic mass is 16.2. The smallest absolute Gasteiger partial charge is 0.324 e.